The first-order valence-electron chi connectivity index (χ1n) is 8.24. The van der Waals surface area contributed by atoms with Gasteiger partial charge in [0, 0.05) is 24.3 Å². The third-order valence-electron chi connectivity index (χ3n) is 4.50. The van der Waals surface area contributed by atoms with Crippen LogP contribution in [0.2, 0.25) is 0 Å². The van der Waals surface area contributed by atoms with Gasteiger partial charge in [-0.25, -0.2) is 9.18 Å². The van der Waals surface area contributed by atoms with Crippen molar-refractivity contribution in [3.05, 3.63) is 54.3 Å². The van der Waals surface area contributed by atoms with Gasteiger partial charge in [-0.1, -0.05) is 30.3 Å². The number of anilines is 1. The second-order valence-electron chi connectivity index (χ2n) is 6.08. The van der Waals surface area contributed by atoms with E-state index in [4.69, 9.17) is 0 Å². The Labute approximate surface area is 153 Å². The Morgan fingerprint density at radius 2 is 1.76 bits per heavy atom. The van der Waals surface area contributed by atoms with E-state index in [-0.39, 0.29) is 30.3 Å². The van der Waals surface area contributed by atoms with E-state index in [2.05, 4.69) is 10.6 Å². The zero-order chi connectivity index (χ0) is 16.9. The lowest BCUT2D eigenvalue weighted by atomic mass is 10.0. The van der Waals surface area contributed by atoms with Crippen LogP contribution in [0.15, 0.2) is 48.5 Å². The predicted octanol–water partition coefficient (Wildman–Crippen LogP) is 4.13. The van der Waals surface area contributed by atoms with Gasteiger partial charge >= 0.3 is 6.03 Å². The van der Waals surface area contributed by atoms with Gasteiger partial charge in [0.1, 0.15) is 5.82 Å². The zero-order valence-corrected chi connectivity index (χ0v) is 15.0. The first kappa shape index (κ1) is 19.2. The molecule has 0 atom stereocenters. The Morgan fingerprint density at radius 3 is 2.40 bits per heavy atom. The summed E-state index contributed by atoms with van der Waals surface area (Å²) >= 11 is 0. The van der Waals surface area contributed by atoms with Gasteiger partial charge in [-0.3, -0.25) is 0 Å². The summed E-state index contributed by atoms with van der Waals surface area (Å²) in [6, 6.07) is 14.1. The maximum absolute atomic E-state index is 13.8. The Bertz CT molecular complexity index is 702. The summed E-state index contributed by atoms with van der Waals surface area (Å²) in [5.41, 5.74) is 2.06. The maximum atomic E-state index is 13.8. The lowest BCUT2D eigenvalue weighted by molar-refractivity contribution is 0.189. The van der Waals surface area contributed by atoms with E-state index in [0.717, 1.165) is 31.5 Å². The average Bonchev–Trinajstić information content (AvgIpc) is 2.63. The van der Waals surface area contributed by atoms with Gasteiger partial charge in [-0.2, -0.15) is 0 Å². The van der Waals surface area contributed by atoms with Gasteiger partial charge in [0.05, 0.1) is 0 Å². The number of carbonyl (C=O) groups is 1. The Kier molecular flexibility index (Phi) is 6.79. The SMILES string of the molecule is CN(C(=O)Nc1ccc(-c2ccccc2F)cc1)C1CCNCC1.Cl. The van der Waals surface area contributed by atoms with E-state index >= 15 is 0 Å². The van der Waals surface area contributed by atoms with Gasteiger partial charge in [-0.15, -0.1) is 12.4 Å². The normalized spacial score (nSPS) is 14.5. The number of hydrogen-bond acceptors (Lipinski definition) is 2. The molecule has 0 saturated carbocycles. The van der Waals surface area contributed by atoms with Crippen LogP contribution in [0.25, 0.3) is 11.1 Å². The summed E-state index contributed by atoms with van der Waals surface area (Å²) in [6.07, 6.45) is 1.94. The molecule has 6 heteroatoms. The number of urea groups is 1. The molecule has 134 valence electrons. The summed E-state index contributed by atoms with van der Waals surface area (Å²) in [5.74, 6) is -0.250. The third-order valence-corrected chi connectivity index (χ3v) is 4.50. The van der Waals surface area contributed by atoms with E-state index in [9.17, 15) is 9.18 Å². The minimum absolute atomic E-state index is 0. The van der Waals surface area contributed by atoms with Crippen LogP contribution in [0.3, 0.4) is 0 Å². The molecule has 0 radical (unpaired) electrons. The van der Waals surface area contributed by atoms with Crippen LogP contribution in [-0.2, 0) is 0 Å². The molecule has 2 N–H and O–H groups in total. The van der Waals surface area contributed by atoms with E-state index < -0.39 is 0 Å². The van der Waals surface area contributed by atoms with Gasteiger partial charge < -0.3 is 15.5 Å². The molecule has 1 aliphatic heterocycles. The number of hydrogen-bond donors (Lipinski definition) is 2. The molecular formula is C19H23ClFN3O. The largest absolute Gasteiger partial charge is 0.325 e. The predicted molar refractivity (Wildman–Crippen MR) is 102 cm³/mol. The number of rotatable bonds is 3. The molecule has 1 saturated heterocycles. The van der Waals surface area contributed by atoms with E-state index in [1.54, 1.807) is 29.2 Å². The molecule has 2 aromatic carbocycles. The number of nitrogens with one attached hydrogen (secondary N) is 2. The van der Waals surface area contributed by atoms with Crippen LogP contribution in [0.1, 0.15) is 12.8 Å². The second-order valence-corrected chi connectivity index (χ2v) is 6.08. The summed E-state index contributed by atoms with van der Waals surface area (Å²) < 4.78 is 13.8. The average molecular weight is 364 g/mol. The zero-order valence-electron chi connectivity index (χ0n) is 14.2. The second kappa shape index (κ2) is 8.83. The van der Waals surface area contributed by atoms with Crippen LogP contribution in [0.5, 0.6) is 0 Å². The van der Waals surface area contributed by atoms with E-state index in [1.165, 1.54) is 6.07 Å². The van der Waals surface area contributed by atoms with Crippen LogP contribution in [0.4, 0.5) is 14.9 Å². The molecule has 0 bridgehead atoms. The molecule has 1 aliphatic rings. The van der Waals surface area contributed by atoms with Crippen molar-refractivity contribution in [3.8, 4) is 11.1 Å². The van der Waals surface area contributed by atoms with Crippen molar-refractivity contribution in [2.75, 3.05) is 25.5 Å². The van der Waals surface area contributed by atoms with Crippen molar-refractivity contribution in [1.82, 2.24) is 10.2 Å². The molecule has 0 aliphatic carbocycles. The fraction of sp³-hybridized carbons (Fsp3) is 0.316. The molecule has 0 spiro atoms. The Balaban J connectivity index is 0.00000225. The van der Waals surface area contributed by atoms with Crippen molar-refractivity contribution in [2.45, 2.75) is 18.9 Å². The van der Waals surface area contributed by atoms with Crippen molar-refractivity contribution < 1.29 is 9.18 Å². The summed E-state index contributed by atoms with van der Waals surface area (Å²) in [7, 11) is 1.83. The quantitative estimate of drug-likeness (QED) is 0.861. The van der Waals surface area contributed by atoms with Gasteiger partial charge in [0.15, 0.2) is 0 Å². The van der Waals surface area contributed by atoms with Crippen molar-refractivity contribution in [1.29, 1.82) is 0 Å². The number of benzene rings is 2. The summed E-state index contributed by atoms with van der Waals surface area (Å²) in [6.45, 7) is 1.89. The molecule has 4 nitrogen and oxygen atoms in total. The first-order chi connectivity index (χ1) is 11.6. The van der Waals surface area contributed by atoms with Crippen LogP contribution >= 0.6 is 12.4 Å². The highest BCUT2D eigenvalue weighted by molar-refractivity contribution is 5.89. The van der Waals surface area contributed by atoms with Crippen molar-refractivity contribution in [3.63, 3.8) is 0 Å². The topological polar surface area (TPSA) is 44.4 Å². The Hall–Kier alpha value is -2.11. The van der Waals surface area contributed by atoms with Crippen LogP contribution in [0, 0.1) is 5.82 Å². The maximum Gasteiger partial charge on any atom is 0.321 e. The molecule has 2 amide bonds. The first-order valence-corrected chi connectivity index (χ1v) is 8.24. The summed E-state index contributed by atoms with van der Waals surface area (Å²) in [5, 5.41) is 6.20. The minimum atomic E-state index is -0.250. The highest BCUT2D eigenvalue weighted by atomic mass is 35.5. The fourth-order valence-corrected chi connectivity index (χ4v) is 3.00. The Morgan fingerprint density at radius 1 is 1.12 bits per heavy atom. The van der Waals surface area contributed by atoms with Gasteiger partial charge in [0.25, 0.3) is 0 Å². The number of halogens is 2. The highest BCUT2D eigenvalue weighted by Crippen LogP contribution is 2.24. The standard InChI is InChI=1S/C19H22FN3O.ClH/c1-23(16-10-12-21-13-11-16)19(24)22-15-8-6-14(7-9-15)17-4-2-3-5-18(17)20;/h2-9,16,21H,10-13H2,1H3,(H,22,24);1H. The summed E-state index contributed by atoms with van der Waals surface area (Å²) in [4.78, 5) is 14.1. The molecule has 25 heavy (non-hydrogen) atoms. The van der Waals surface area contributed by atoms with Crippen LogP contribution < -0.4 is 10.6 Å². The minimum Gasteiger partial charge on any atom is -0.325 e. The lowest BCUT2D eigenvalue weighted by Crippen LogP contribution is -2.45. The van der Waals surface area contributed by atoms with Crippen molar-refractivity contribution in [2.24, 2.45) is 0 Å². The smallest absolute Gasteiger partial charge is 0.321 e. The molecule has 0 aromatic heterocycles. The molecule has 2 aromatic rings. The van der Waals surface area contributed by atoms with Gasteiger partial charge in [-0.05, 0) is 49.7 Å². The van der Waals surface area contributed by atoms with Crippen molar-refractivity contribution >= 4 is 24.1 Å². The molecule has 1 heterocycles. The number of nitrogens with zero attached hydrogens (tertiary/aromatic N) is 1. The van der Waals surface area contributed by atoms with Crippen LogP contribution in [-0.4, -0.2) is 37.1 Å². The van der Waals surface area contributed by atoms with E-state index in [0.29, 0.717) is 11.3 Å². The fourth-order valence-electron chi connectivity index (χ4n) is 3.00. The molecule has 0 unspecified atom stereocenters. The number of amides is 2. The third kappa shape index (κ3) is 4.71. The molecule has 1 fully saturated rings. The molecular weight excluding hydrogens is 341 g/mol. The number of piperidine rings is 1. The lowest BCUT2D eigenvalue weighted by Gasteiger charge is -2.31. The number of carbonyl (C=O) groups excluding carboxylic acids is 1. The highest BCUT2D eigenvalue weighted by Gasteiger charge is 2.21. The van der Waals surface area contributed by atoms with Gasteiger partial charge in [0.2, 0.25) is 0 Å². The monoisotopic (exact) mass is 363 g/mol. The molecule has 3 rings (SSSR count). The van der Waals surface area contributed by atoms with E-state index in [1.807, 2.05) is 25.2 Å².